The zero-order valence-corrected chi connectivity index (χ0v) is 15.7. The number of aromatic nitrogens is 1. The standard InChI is InChI=1S/C22H28N2O/c1-18(2)15-24(17-21-7-5-6-14-23-21)16-20-10-8-19(9-11-20)12-13-22(3,4)25/h5-11,14,18,25H,15-17H2,1-4H3. The highest BCUT2D eigenvalue weighted by molar-refractivity contribution is 5.37. The van der Waals surface area contributed by atoms with Gasteiger partial charge in [-0.2, -0.15) is 0 Å². The molecule has 25 heavy (non-hydrogen) atoms. The summed E-state index contributed by atoms with van der Waals surface area (Å²) in [5.41, 5.74) is 2.31. The van der Waals surface area contributed by atoms with Crippen LogP contribution in [0.1, 0.15) is 44.5 Å². The topological polar surface area (TPSA) is 36.4 Å². The van der Waals surface area contributed by atoms with Gasteiger partial charge in [-0.25, -0.2) is 0 Å². The van der Waals surface area contributed by atoms with Crippen molar-refractivity contribution in [3.8, 4) is 11.8 Å². The van der Waals surface area contributed by atoms with E-state index in [1.165, 1.54) is 5.56 Å². The number of nitrogens with zero attached hydrogens (tertiary/aromatic N) is 2. The summed E-state index contributed by atoms with van der Waals surface area (Å²) in [6.45, 7) is 10.6. The molecule has 0 spiro atoms. The van der Waals surface area contributed by atoms with Crippen LogP contribution in [-0.2, 0) is 13.1 Å². The molecule has 1 heterocycles. The van der Waals surface area contributed by atoms with E-state index in [-0.39, 0.29) is 0 Å². The summed E-state index contributed by atoms with van der Waals surface area (Å²) in [6.07, 6.45) is 1.85. The number of benzene rings is 1. The van der Waals surface area contributed by atoms with Gasteiger partial charge in [0.15, 0.2) is 0 Å². The first kappa shape index (κ1) is 19.2. The van der Waals surface area contributed by atoms with Crippen molar-refractivity contribution in [1.29, 1.82) is 0 Å². The molecular weight excluding hydrogens is 308 g/mol. The molecule has 1 aromatic heterocycles. The Morgan fingerprint density at radius 2 is 1.80 bits per heavy atom. The predicted octanol–water partition coefficient (Wildman–Crippen LogP) is 3.86. The largest absolute Gasteiger partial charge is 0.378 e. The van der Waals surface area contributed by atoms with E-state index in [4.69, 9.17) is 0 Å². The van der Waals surface area contributed by atoms with Gasteiger partial charge < -0.3 is 5.11 Å². The van der Waals surface area contributed by atoms with E-state index < -0.39 is 5.60 Å². The number of hydrogen-bond donors (Lipinski definition) is 1. The van der Waals surface area contributed by atoms with Gasteiger partial charge in [-0.05, 0) is 49.6 Å². The molecule has 0 amide bonds. The van der Waals surface area contributed by atoms with Crippen molar-refractivity contribution in [2.24, 2.45) is 5.92 Å². The lowest BCUT2D eigenvalue weighted by Crippen LogP contribution is -2.27. The number of aliphatic hydroxyl groups is 1. The summed E-state index contributed by atoms with van der Waals surface area (Å²) >= 11 is 0. The lowest BCUT2D eigenvalue weighted by Gasteiger charge is -2.24. The fourth-order valence-electron chi connectivity index (χ4n) is 2.60. The summed E-state index contributed by atoms with van der Waals surface area (Å²) in [4.78, 5) is 6.87. The fraction of sp³-hybridized carbons (Fsp3) is 0.409. The van der Waals surface area contributed by atoms with E-state index >= 15 is 0 Å². The smallest absolute Gasteiger partial charge is 0.120 e. The maximum absolute atomic E-state index is 9.69. The molecule has 132 valence electrons. The molecule has 0 bridgehead atoms. The molecule has 0 saturated carbocycles. The van der Waals surface area contributed by atoms with Crippen molar-refractivity contribution in [1.82, 2.24) is 9.88 Å². The number of pyridine rings is 1. The Kier molecular flexibility index (Phi) is 6.75. The van der Waals surface area contributed by atoms with Gasteiger partial charge in [0.05, 0.1) is 5.69 Å². The van der Waals surface area contributed by atoms with Crippen molar-refractivity contribution in [2.45, 2.75) is 46.4 Å². The second-order valence-electron chi connectivity index (χ2n) is 7.39. The Bertz CT molecular complexity index is 704. The van der Waals surface area contributed by atoms with E-state index in [2.05, 4.69) is 53.8 Å². The Balaban J connectivity index is 2.06. The van der Waals surface area contributed by atoms with Crippen molar-refractivity contribution in [3.05, 3.63) is 65.5 Å². The summed E-state index contributed by atoms with van der Waals surface area (Å²) < 4.78 is 0. The SMILES string of the molecule is CC(C)CN(Cc1ccc(C#CC(C)(C)O)cc1)Cc1ccccn1. The summed E-state index contributed by atoms with van der Waals surface area (Å²) in [5.74, 6) is 6.46. The van der Waals surface area contributed by atoms with Crippen molar-refractivity contribution >= 4 is 0 Å². The zero-order valence-electron chi connectivity index (χ0n) is 15.7. The molecule has 2 rings (SSSR count). The number of rotatable bonds is 6. The van der Waals surface area contributed by atoms with Crippen LogP contribution >= 0.6 is 0 Å². The Morgan fingerprint density at radius 1 is 1.08 bits per heavy atom. The second kappa shape index (κ2) is 8.80. The van der Waals surface area contributed by atoms with Crippen LogP contribution in [0.3, 0.4) is 0 Å². The van der Waals surface area contributed by atoms with Crippen molar-refractivity contribution < 1.29 is 5.11 Å². The van der Waals surface area contributed by atoms with Gasteiger partial charge in [-0.1, -0.05) is 43.9 Å². The normalized spacial score (nSPS) is 11.5. The maximum Gasteiger partial charge on any atom is 0.120 e. The highest BCUT2D eigenvalue weighted by atomic mass is 16.3. The third-order valence-electron chi connectivity index (χ3n) is 3.61. The minimum absolute atomic E-state index is 0.598. The third-order valence-corrected chi connectivity index (χ3v) is 3.61. The monoisotopic (exact) mass is 336 g/mol. The molecule has 0 fully saturated rings. The first-order valence-electron chi connectivity index (χ1n) is 8.78. The fourth-order valence-corrected chi connectivity index (χ4v) is 2.60. The average molecular weight is 336 g/mol. The summed E-state index contributed by atoms with van der Waals surface area (Å²) in [5, 5.41) is 9.69. The average Bonchev–Trinajstić information content (AvgIpc) is 2.54. The van der Waals surface area contributed by atoms with Crippen LogP contribution < -0.4 is 0 Å². The maximum atomic E-state index is 9.69. The molecule has 0 aliphatic heterocycles. The van der Waals surface area contributed by atoms with Gasteiger partial charge in [-0.3, -0.25) is 9.88 Å². The van der Waals surface area contributed by atoms with Gasteiger partial charge in [-0.15, -0.1) is 0 Å². The predicted molar refractivity (Wildman–Crippen MR) is 103 cm³/mol. The van der Waals surface area contributed by atoms with Crippen LogP contribution in [0.25, 0.3) is 0 Å². The third kappa shape index (κ3) is 7.51. The Morgan fingerprint density at radius 3 is 2.36 bits per heavy atom. The molecule has 1 N–H and O–H groups in total. The van der Waals surface area contributed by atoms with Crippen LogP contribution in [0.2, 0.25) is 0 Å². The van der Waals surface area contributed by atoms with Gasteiger partial charge in [0.1, 0.15) is 5.60 Å². The first-order chi connectivity index (χ1) is 11.8. The van der Waals surface area contributed by atoms with E-state index in [1.54, 1.807) is 13.8 Å². The van der Waals surface area contributed by atoms with Crippen molar-refractivity contribution in [2.75, 3.05) is 6.54 Å². The Hall–Kier alpha value is -2.15. The summed E-state index contributed by atoms with van der Waals surface area (Å²) in [7, 11) is 0. The Labute approximate surface area is 151 Å². The molecule has 0 aliphatic rings. The van der Waals surface area contributed by atoms with Gasteiger partial charge in [0, 0.05) is 31.4 Å². The lowest BCUT2D eigenvalue weighted by molar-refractivity contribution is 0.143. The van der Waals surface area contributed by atoms with E-state index in [0.29, 0.717) is 5.92 Å². The van der Waals surface area contributed by atoms with Crippen LogP contribution in [0.15, 0.2) is 48.7 Å². The quantitative estimate of drug-likeness (QED) is 0.814. The first-order valence-corrected chi connectivity index (χ1v) is 8.78. The van der Waals surface area contributed by atoms with E-state index in [0.717, 1.165) is 30.9 Å². The molecule has 3 nitrogen and oxygen atoms in total. The molecule has 3 heteroatoms. The van der Waals surface area contributed by atoms with Gasteiger partial charge in [0.25, 0.3) is 0 Å². The molecule has 0 aliphatic carbocycles. The van der Waals surface area contributed by atoms with Crippen molar-refractivity contribution in [3.63, 3.8) is 0 Å². The summed E-state index contributed by atoms with van der Waals surface area (Å²) in [6, 6.07) is 14.3. The second-order valence-corrected chi connectivity index (χ2v) is 7.39. The van der Waals surface area contributed by atoms with Crippen LogP contribution in [0.4, 0.5) is 0 Å². The van der Waals surface area contributed by atoms with Gasteiger partial charge in [0.2, 0.25) is 0 Å². The minimum atomic E-state index is -0.963. The van der Waals surface area contributed by atoms with Crippen LogP contribution in [0.5, 0.6) is 0 Å². The van der Waals surface area contributed by atoms with E-state index in [1.807, 2.05) is 30.5 Å². The van der Waals surface area contributed by atoms with Crippen LogP contribution in [0, 0.1) is 17.8 Å². The molecule has 0 saturated heterocycles. The highest BCUT2D eigenvalue weighted by Crippen LogP contribution is 2.12. The highest BCUT2D eigenvalue weighted by Gasteiger charge is 2.10. The van der Waals surface area contributed by atoms with Gasteiger partial charge >= 0.3 is 0 Å². The number of hydrogen-bond acceptors (Lipinski definition) is 3. The van der Waals surface area contributed by atoms with E-state index in [9.17, 15) is 5.11 Å². The molecule has 0 unspecified atom stereocenters. The molecule has 0 radical (unpaired) electrons. The lowest BCUT2D eigenvalue weighted by atomic mass is 10.1. The molecule has 2 aromatic rings. The molecule has 1 aromatic carbocycles. The minimum Gasteiger partial charge on any atom is -0.378 e. The zero-order chi connectivity index (χ0) is 18.3. The molecular formula is C22H28N2O. The molecule has 0 atom stereocenters. The van der Waals surface area contributed by atoms with Crippen LogP contribution in [-0.4, -0.2) is 27.1 Å².